The maximum Gasteiger partial charge on any atom is 0.332 e. The van der Waals surface area contributed by atoms with Crippen molar-refractivity contribution in [1.82, 2.24) is 0 Å². The third-order valence-electron chi connectivity index (χ3n) is 16.2. The Morgan fingerprint density at radius 3 is 0.785 bits per heavy atom. The summed E-state index contributed by atoms with van der Waals surface area (Å²) in [6, 6.07) is 34.8. The molecule has 0 spiro atoms. The molecule has 1 atom stereocenters. The lowest BCUT2D eigenvalue weighted by molar-refractivity contribution is -0.136. The zero-order valence-electron chi connectivity index (χ0n) is 97.4. The van der Waals surface area contributed by atoms with Crippen LogP contribution in [0.4, 0.5) is 0 Å². The van der Waals surface area contributed by atoms with Crippen molar-refractivity contribution < 1.29 is 77.4 Å². The van der Waals surface area contributed by atoms with Crippen LogP contribution in [0.2, 0.25) is 330 Å². The van der Waals surface area contributed by atoms with E-state index in [0.29, 0.717) is 16.7 Å². The molecule has 0 saturated heterocycles. The van der Waals surface area contributed by atoms with Crippen LogP contribution in [0.1, 0.15) is 49.9 Å². The molecular weight excluding hydrogens is 2110 g/mol. The Morgan fingerprint density at radius 1 is 0.326 bits per heavy atom. The highest BCUT2D eigenvalue weighted by Gasteiger charge is 2.27. The SMILES string of the molecule is C=C(C)C(=O)OC.C=C(C)C(=O)OC.C=C(C)C(C)=O.C=Cc1ccc(CC[SiH2]O[Si](C)(C)C)cc1.C=Cc1ccc([SiH2]O[Si](C)(C)CC[SiH2]O[SiH](C)C)cc1.C=Cc1ccc([SiH2]O[Si](C)(C)CC[SiH2]O[Si](C)(C)C)cc1.C[SiH2]O[Si](C)(C)C.C[SiH2]O[Si](C)(C)C.C[SiH2]O[Si](C)(C)C.C[SiH2]O[Si](C)(C)C.C[SiH2]O[Si](C)(C)CC[SiH](C)O[Si](C)(C)C.C[SiH](C)O[SiH](C)C.C[SiH](C)O[Si](C)(C)C. The second-order valence-corrected chi connectivity index (χ2v) is 123. The van der Waals surface area contributed by atoms with Gasteiger partial charge in [0.05, 0.1) is 14.2 Å². The first-order chi connectivity index (χ1) is 61.1. The fourth-order valence-corrected chi connectivity index (χ4v) is 71.3. The minimum absolute atomic E-state index is 0.0648. The lowest BCUT2D eigenvalue weighted by Gasteiger charge is -2.27. The third kappa shape index (κ3) is 140. The van der Waals surface area contributed by atoms with Gasteiger partial charge in [0.2, 0.25) is 0 Å². The minimum atomic E-state index is -1.49. The van der Waals surface area contributed by atoms with E-state index in [4.69, 9.17) is 53.5 Å². The molecule has 3 rings (SSSR count). The maximum absolute atomic E-state index is 10.2. The normalized spacial score (nSPS) is 12.6. The summed E-state index contributed by atoms with van der Waals surface area (Å²) in [5.41, 5.74) is 6.45. The lowest BCUT2D eigenvalue weighted by Crippen LogP contribution is -2.36. The monoisotopic (exact) mass is 2330 g/mol. The Labute approximate surface area is 879 Å². The molecule has 0 aromatic heterocycles. The summed E-state index contributed by atoms with van der Waals surface area (Å²) in [6.07, 6.45) is 6.81. The molecule has 0 aliphatic rings. The summed E-state index contributed by atoms with van der Waals surface area (Å²) in [4.78, 5) is 30.4. The molecular formula is C91H218O18Si26. The summed E-state index contributed by atoms with van der Waals surface area (Å²) >= 11 is 0. The molecule has 0 aliphatic carbocycles. The van der Waals surface area contributed by atoms with Crippen LogP contribution < -0.4 is 10.4 Å². The lowest BCUT2D eigenvalue weighted by atomic mass is 10.1. The van der Waals surface area contributed by atoms with E-state index in [1.807, 2.05) is 18.2 Å². The largest absolute Gasteiger partial charge is 0.466 e. The van der Waals surface area contributed by atoms with Crippen molar-refractivity contribution in [2.45, 2.75) is 364 Å². The molecule has 794 valence electrons. The van der Waals surface area contributed by atoms with Crippen LogP contribution in [0.15, 0.2) is 129 Å². The predicted molar refractivity (Wildman–Crippen MR) is 682 cm³/mol. The van der Waals surface area contributed by atoms with E-state index in [1.165, 1.54) is 96.1 Å². The van der Waals surface area contributed by atoms with Crippen LogP contribution in [0.3, 0.4) is 0 Å². The molecule has 0 saturated carbocycles. The van der Waals surface area contributed by atoms with Crippen LogP contribution >= 0.6 is 0 Å². The molecule has 44 heteroatoms. The van der Waals surface area contributed by atoms with Gasteiger partial charge in [0.1, 0.15) is 78.1 Å². The fourth-order valence-electron chi connectivity index (χ4n) is 10.4. The Balaban J connectivity index is -0.000000161. The number of carbonyl (C=O) groups is 3. The van der Waals surface area contributed by atoms with Crippen LogP contribution in [-0.2, 0) is 83.8 Å². The molecule has 0 amide bonds. The molecule has 18 nitrogen and oxygen atoms in total. The highest BCUT2D eigenvalue weighted by atomic mass is 28.4. The second kappa shape index (κ2) is 86.9. The van der Waals surface area contributed by atoms with Crippen molar-refractivity contribution in [1.29, 1.82) is 0 Å². The Morgan fingerprint density at radius 2 is 0.593 bits per heavy atom. The molecule has 0 heterocycles. The smallest absolute Gasteiger partial charge is 0.332 e. The number of ketones is 1. The van der Waals surface area contributed by atoms with Crippen LogP contribution in [0, 0.1) is 0 Å². The van der Waals surface area contributed by atoms with Gasteiger partial charge in [0.25, 0.3) is 0 Å². The number of esters is 2. The number of hydrogen-bond acceptors (Lipinski definition) is 18. The molecule has 3 aromatic carbocycles. The van der Waals surface area contributed by atoms with Crippen LogP contribution in [0.5, 0.6) is 0 Å². The number of benzene rings is 3. The number of ether oxygens (including phenoxy) is 2. The first kappa shape index (κ1) is 155. The average Bonchev–Trinajstić information content (AvgIpc) is 0.904. The molecule has 135 heavy (non-hydrogen) atoms. The topological polar surface area (TPSA) is 190 Å². The number of methoxy groups -OCH3 is 2. The first-order valence-electron chi connectivity index (χ1n) is 49.3. The van der Waals surface area contributed by atoms with Crippen molar-refractivity contribution >= 4 is 281 Å². The van der Waals surface area contributed by atoms with Crippen molar-refractivity contribution in [3.63, 3.8) is 0 Å². The summed E-state index contributed by atoms with van der Waals surface area (Å²) in [5.74, 6) is -0.630. The van der Waals surface area contributed by atoms with Gasteiger partial charge in [0, 0.05) is 11.1 Å². The Kier molecular flexibility index (Phi) is 99.8. The highest BCUT2D eigenvalue weighted by Crippen LogP contribution is 2.20. The number of rotatable bonds is 46. The number of aryl methyl sites for hydroxylation is 1. The van der Waals surface area contributed by atoms with E-state index in [-0.39, 0.29) is 95.8 Å². The van der Waals surface area contributed by atoms with E-state index in [9.17, 15) is 14.4 Å². The molecule has 0 aliphatic heterocycles. The van der Waals surface area contributed by atoms with Crippen LogP contribution in [0.25, 0.3) is 18.2 Å². The minimum Gasteiger partial charge on any atom is -0.466 e. The third-order valence-corrected chi connectivity index (χ3v) is 83.3. The van der Waals surface area contributed by atoms with Gasteiger partial charge in [-0.2, -0.15) is 0 Å². The Bertz CT molecular complexity index is 3330. The highest BCUT2D eigenvalue weighted by molar-refractivity contribution is 6.81. The van der Waals surface area contributed by atoms with Gasteiger partial charge in [-0.05, 0) is 370 Å². The average molecular weight is 2330 g/mol. The number of allylic oxidation sites excluding steroid dienone is 1. The number of hydrogen-bond donors (Lipinski definition) is 0. The summed E-state index contributed by atoms with van der Waals surface area (Å²) in [6.45, 7) is 127. The van der Waals surface area contributed by atoms with Gasteiger partial charge in [0.15, 0.2) is 162 Å². The summed E-state index contributed by atoms with van der Waals surface area (Å²) in [7, 11) is -17.6. The van der Waals surface area contributed by atoms with Gasteiger partial charge < -0.3 is 63.0 Å². The van der Waals surface area contributed by atoms with Gasteiger partial charge in [-0.25, -0.2) is 9.59 Å². The van der Waals surface area contributed by atoms with Gasteiger partial charge >= 0.3 is 11.9 Å². The van der Waals surface area contributed by atoms with E-state index < -0.39 is 156 Å². The second-order valence-electron chi connectivity index (χ2n) is 43.4. The zero-order valence-corrected chi connectivity index (χ0v) is 128. The van der Waals surface area contributed by atoms with E-state index >= 15 is 0 Å². The van der Waals surface area contributed by atoms with Gasteiger partial charge in [-0.3, -0.25) is 4.79 Å². The molecule has 3 aromatic rings. The number of carbonyl (C=O) groups excluding carboxylic acids is 3. The summed E-state index contributed by atoms with van der Waals surface area (Å²) < 4.78 is 84.5. The van der Waals surface area contributed by atoms with Crippen molar-refractivity contribution in [3.05, 3.63) is 151 Å². The van der Waals surface area contributed by atoms with Crippen molar-refractivity contribution in [3.8, 4) is 0 Å². The maximum atomic E-state index is 10.2. The van der Waals surface area contributed by atoms with Gasteiger partial charge in [-0.15, -0.1) is 0 Å². The quantitative estimate of drug-likeness (QED) is 0.0224. The van der Waals surface area contributed by atoms with E-state index in [2.05, 4.69) is 410 Å². The van der Waals surface area contributed by atoms with E-state index in [1.54, 1.807) is 20.8 Å². The molecule has 1 unspecified atom stereocenters. The zero-order chi connectivity index (χ0) is 108. The predicted octanol–water partition coefficient (Wildman–Crippen LogP) is 19.4. The molecule has 0 N–H and O–H groups in total. The van der Waals surface area contributed by atoms with Crippen molar-refractivity contribution in [2.75, 3.05) is 14.2 Å². The number of Topliss-reactive ketones (excluding diaryl/α,β-unsaturated/α-hetero) is 1. The standard InChI is InChI=1S/C15H30O2Si4.C14H28O2Si4.C13H22OSi2.C9H28O2Si4.2C5H8O2.C5H16OSi2.C5H8O.5C4H14OSi2/c1-7-14-8-10-15(11-9-14)19-17-21(5,6)13-12-18-16-20(2,3)4;1-6-13-7-9-14(10-8-13)18-16-20(4,5)12-11-17-15-19(2)3;1-5-12-6-8-13(9-7-12)10-11-15-14-16(2,3)4;1-12-10-15(6,7)9-8-13(2)11-14(3,4)5;2*1-4(2)5(6)7-3;1-7(2)6-8(3,4)5;1-4(2)5(3)6;4*1-6-5-7(2,3)4;1-6(2)5-7(3)4/h7-11H,1,12-13,18-19H2,2-6H3;6-10,19H,1,11-12,17-18H2,2-5H3;5-9H,1,10-11,15H2,2-4H3;13H,8-9,12H2,1-7H3;2*1H2,2-3H3;7H,1-5H3;1H2,2-3H3;4*6H2,1-4H3;6-7H,1-4H3. The molecule has 0 bridgehead atoms. The fraction of sp³-hybridized carbons (Fsp3) is 0.637. The Hall–Kier alpha value is -0.171. The van der Waals surface area contributed by atoms with E-state index in [0.717, 1.165) is 6.42 Å². The van der Waals surface area contributed by atoms with Crippen LogP contribution in [-0.4, -0.2) is 266 Å². The molecule has 0 radical (unpaired) electrons. The van der Waals surface area contributed by atoms with Crippen molar-refractivity contribution in [2.24, 2.45) is 0 Å². The van der Waals surface area contributed by atoms with Gasteiger partial charge in [-0.1, -0.05) is 163 Å². The molecule has 0 fully saturated rings. The summed E-state index contributed by atoms with van der Waals surface area (Å²) in [5, 5.41) is 2.77. The first-order valence-corrected chi connectivity index (χ1v) is 117.